The smallest absolute Gasteiger partial charge is 0.410 e. The summed E-state index contributed by atoms with van der Waals surface area (Å²) in [6.07, 6.45) is 2.86. The van der Waals surface area contributed by atoms with Crippen LogP contribution in [0.15, 0.2) is 30.6 Å². The number of piperidine rings is 1. The lowest BCUT2D eigenvalue weighted by Gasteiger charge is -2.35. The molecule has 0 spiro atoms. The second-order valence-corrected chi connectivity index (χ2v) is 8.78. The van der Waals surface area contributed by atoms with Gasteiger partial charge >= 0.3 is 6.09 Å². The van der Waals surface area contributed by atoms with Gasteiger partial charge in [0, 0.05) is 32.7 Å². The quantitative estimate of drug-likeness (QED) is 0.744. The summed E-state index contributed by atoms with van der Waals surface area (Å²) < 4.78 is 32.8. The molecule has 2 heterocycles. The Morgan fingerprint density at radius 2 is 1.97 bits per heavy atom. The van der Waals surface area contributed by atoms with Gasteiger partial charge in [0.1, 0.15) is 23.6 Å². The fourth-order valence-electron chi connectivity index (χ4n) is 3.47. The highest BCUT2D eigenvalue weighted by molar-refractivity contribution is 5.68. The summed E-state index contributed by atoms with van der Waals surface area (Å²) in [5.41, 5.74) is -0.483. The van der Waals surface area contributed by atoms with Gasteiger partial charge in [-0.05, 0) is 51.7 Å². The van der Waals surface area contributed by atoms with E-state index in [1.807, 2.05) is 32.7 Å². The van der Waals surface area contributed by atoms with Crippen LogP contribution < -0.4 is 10.2 Å². The van der Waals surface area contributed by atoms with E-state index in [2.05, 4.69) is 15.3 Å². The van der Waals surface area contributed by atoms with E-state index in [-0.39, 0.29) is 11.8 Å². The Morgan fingerprint density at radius 3 is 2.65 bits per heavy atom. The number of anilines is 3. The highest BCUT2D eigenvalue weighted by atomic mass is 19.2. The Kier molecular flexibility index (Phi) is 6.92. The number of hydrogen-bond acceptors (Lipinski definition) is 6. The summed E-state index contributed by atoms with van der Waals surface area (Å²) in [5.74, 6) is -0.428. The third-order valence-electron chi connectivity index (χ3n) is 5.06. The summed E-state index contributed by atoms with van der Waals surface area (Å²) >= 11 is 0. The van der Waals surface area contributed by atoms with E-state index in [9.17, 15) is 13.6 Å². The molecule has 0 aliphatic carbocycles. The first-order valence-corrected chi connectivity index (χ1v) is 10.3. The van der Waals surface area contributed by atoms with Gasteiger partial charge in [0.2, 0.25) is 0 Å². The van der Waals surface area contributed by atoms with Crippen LogP contribution >= 0.6 is 0 Å². The van der Waals surface area contributed by atoms with Gasteiger partial charge in [0.05, 0.1) is 5.69 Å². The average Bonchev–Trinajstić information content (AvgIpc) is 2.71. The van der Waals surface area contributed by atoms with Crippen molar-refractivity contribution in [3.05, 3.63) is 42.2 Å². The summed E-state index contributed by atoms with van der Waals surface area (Å²) in [6.45, 7) is 7.65. The number of carbonyl (C=O) groups is 1. The molecule has 1 N–H and O–H groups in total. The van der Waals surface area contributed by atoms with E-state index in [1.54, 1.807) is 11.0 Å². The summed E-state index contributed by atoms with van der Waals surface area (Å²) in [7, 11) is 1.93. The van der Waals surface area contributed by atoms with E-state index in [4.69, 9.17) is 4.74 Å². The number of ether oxygens (including phenoxy) is 1. The minimum absolute atomic E-state index is 0.0156. The van der Waals surface area contributed by atoms with Crippen LogP contribution in [0.3, 0.4) is 0 Å². The topological polar surface area (TPSA) is 70.6 Å². The number of amides is 1. The number of nitrogens with zero attached hydrogens (tertiary/aromatic N) is 4. The van der Waals surface area contributed by atoms with Crippen molar-refractivity contribution in [2.75, 3.05) is 36.9 Å². The first-order chi connectivity index (χ1) is 14.6. The fourth-order valence-corrected chi connectivity index (χ4v) is 3.47. The molecule has 1 aromatic heterocycles. The zero-order valence-corrected chi connectivity index (χ0v) is 18.4. The highest BCUT2D eigenvalue weighted by Crippen LogP contribution is 2.24. The predicted octanol–water partition coefficient (Wildman–Crippen LogP) is 4.58. The number of aromatic nitrogens is 2. The van der Waals surface area contributed by atoms with E-state index in [0.29, 0.717) is 30.6 Å². The number of carbonyl (C=O) groups excluding carboxylic acids is 1. The highest BCUT2D eigenvalue weighted by Gasteiger charge is 2.27. The molecule has 0 bridgehead atoms. The summed E-state index contributed by atoms with van der Waals surface area (Å²) in [5, 5.41) is 2.80. The van der Waals surface area contributed by atoms with E-state index < -0.39 is 17.2 Å². The number of rotatable bonds is 5. The summed E-state index contributed by atoms with van der Waals surface area (Å²) in [6, 6.07) is 5.63. The lowest BCUT2D eigenvalue weighted by Crippen LogP contribution is -2.43. The van der Waals surface area contributed by atoms with Crippen LogP contribution in [0.4, 0.5) is 30.9 Å². The molecule has 1 aromatic carbocycles. The Balaban J connectivity index is 1.56. The molecule has 2 aromatic rings. The van der Waals surface area contributed by atoms with Crippen LogP contribution in [0, 0.1) is 17.6 Å². The van der Waals surface area contributed by atoms with Gasteiger partial charge in [-0.2, -0.15) is 0 Å². The van der Waals surface area contributed by atoms with Crippen LogP contribution in [-0.2, 0) is 4.74 Å². The van der Waals surface area contributed by atoms with Gasteiger partial charge in [0.15, 0.2) is 11.6 Å². The molecule has 1 aliphatic rings. The van der Waals surface area contributed by atoms with Crippen LogP contribution in [-0.4, -0.2) is 53.2 Å². The third kappa shape index (κ3) is 6.26. The Bertz CT molecular complexity index is 911. The lowest BCUT2D eigenvalue weighted by atomic mass is 9.96. The molecule has 7 nitrogen and oxygen atoms in total. The molecule has 31 heavy (non-hydrogen) atoms. The molecule has 1 aliphatic heterocycles. The maximum absolute atomic E-state index is 13.9. The molecule has 1 fully saturated rings. The first kappa shape index (κ1) is 22.7. The van der Waals surface area contributed by atoms with Crippen LogP contribution in [0.5, 0.6) is 0 Å². The van der Waals surface area contributed by atoms with Crippen molar-refractivity contribution in [2.45, 2.75) is 39.2 Å². The monoisotopic (exact) mass is 433 g/mol. The van der Waals surface area contributed by atoms with Gasteiger partial charge in [-0.25, -0.2) is 23.5 Å². The van der Waals surface area contributed by atoms with Gasteiger partial charge in [-0.3, -0.25) is 0 Å². The number of likely N-dealkylation sites (tertiary alicyclic amines) is 1. The number of benzene rings is 1. The minimum atomic E-state index is -0.951. The lowest BCUT2D eigenvalue weighted by molar-refractivity contribution is 0.0186. The molecule has 9 heteroatoms. The Morgan fingerprint density at radius 1 is 1.26 bits per heavy atom. The van der Waals surface area contributed by atoms with Crippen molar-refractivity contribution in [3.63, 3.8) is 0 Å². The molecule has 168 valence electrons. The fraction of sp³-hybridized carbons (Fsp3) is 0.500. The van der Waals surface area contributed by atoms with Crippen LogP contribution in [0.25, 0.3) is 0 Å². The molecule has 0 unspecified atom stereocenters. The number of halogens is 2. The molecule has 1 amide bonds. The van der Waals surface area contributed by atoms with E-state index >= 15 is 0 Å². The van der Waals surface area contributed by atoms with Gasteiger partial charge in [-0.15, -0.1) is 0 Å². The van der Waals surface area contributed by atoms with Crippen LogP contribution in [0.1, 0.15) is 33.6 Å². The molecule has 3 rings (SSSR count). The maximum atomic E-state index is 13.9. The molecule has 0 radical (unpaired) electrons. The summed E-state index contributed by atoms with van der Waals surface area (Å²) in [4.78, 5) is 24.4. The van der Waals surface area contributed by atoms with Crippen molar-refractivity contribution in [1.29, 1.82) is 0 Å². The Labute approximate surface area is 181 Å². The van der Waals surface area contributed by atoms with Gasteiger partial charge < -0.3 is 19.9 Å². The normalized spacial score (nSPS) is 15.0. The van der Waals surface area contributed by atoms with Gasteiger partial charge in [-0.1, -0.05) is 6.07 Å². The second-order valence-electron chi connectivity index (χ2n) is 8.78. The predicted molar refractivity (Wildman–Crippen MR) is 115 cm³/mol. The standard InChI is InChI=1S/C22H29F2N5O2/c1-22(2,3)31-21(30)29-10-8-15(9-11-29)13-28(4)19-12-18(25-14-26-19)27-17-7-5-6-16(23)20(17)24/h5-7,12,14-15H,8-11,13H2,1-4H3,(H,25,26,27). The minimum Gasteiger partial charge on any atom is -0.444 e. The SMILES string of the molecule is CN(CC1CCN(C(=O)OC(C)(C)C)CC1)c1cc(Nc2cccc(F)c2F)ncn1. The maximum Gasteiger partial charge on any atom is 0.410 e. The number of hydrogen-bond donors (Lipinski definition) is 1. The van der Waals surface area contributed by atoms with Crippen molar-refractivity contribution in [1.82, 2.24) is 14.9 Å². The number of nitrogens with one attached hydrogen (secondary N) is 1. The third-order valence-corrected chi connectivity index (χ3v) is 5.06. The second kappa shape index (κ2) is 9.45. The molecular formula is C22H29F2N5O2. The Hall–Kier alpha value is -2.97. The first-order valence-electron chi connectivity index (χ1n) is 10.3. The van der Waals surface area contributed by atoms with Crippen molar-refractivity contribution < 1.29 is 18.3 Å². The average molecular weight is 434 g/mol. The van der Waals surface area contributed by atoms with E-state index in [0.717, 1.165) is 25.5 Å². The molecule has 0 saturated carbocycles. The van der Waals surface area contributed by atoms with Gasteiger partial charge in [0.25, 0.3) is 0 Å². The largest absolute Gasteiger partial charge is 0.444 e. The van der Waals surface area contributed by atoms with Crippen molar-refractivity contribution >= 4 is 23.4 Å². The van der Waals surface area contributed by atoms with Crippen LogP contribution in [0.2, 0.25) is 0 Å². The van der Waals surface area contributed by atoms with E-state index in [1.165, 1.54) is 18.5 Å². The van der Waals surface area contributed by atoms with Crippen molar-refractivity contribution in [3.8, 4) is 0 Å². The zero-order valence-electron chi connectivity index (χ0n) is 18.4. The van der Waals surface area contributed by atoms with Crippen molar-refractivity contribution in [2.24, 2.45) is 5.92 Å². The zero-order chi connectivity index (χ0) is 22.6. The molecule has 1 saturated heterocycles. The molecule has 0 atom stereocenters. The molecular weight excluding hydrogens is 404 g/mol.